The molecule has 0 aromatic heterocycles. The molecule has 3 rings (SSSR count). The van der Waals surface area contributed by atoms with Crippen LogP contribution < -0.4 is 4.74 Å². The van der Waals surface area contributed by atoms with Crippen molar-refractivity contribution in [3.8, 4) is 11.8 Å². The summed E-state index contributed by atoms with van der Waals surface area (Å²) in [5.41, 5.74) is 0.521. The van der Waals surface area contributed by atoms with Gasteiger partial charge in [-0.25, -0.2) is 0 Å². The quantitative estimate of drug-likeness (QED) is 0.849. The second-order valence-electron chi connectivity index (χ2n) is 6.21. The largest absolute Gasteiger partial charge is 0.497 e. The smallest absolute Gasteiger partial charge is 0.254 e. The first kappa shape index (κ1) is 16.3. The van der Waals surface area contributed by atoms with Crippen LogP contribution in [0.2, 0.25) is 0 Å². The van der Waals surface area contributed by atoms with Crippen molar-refractivity contribution in [2.45, 2.75) is 37.8 Å². The molecule has 2 aliphatic rings. The summed E-state index contributed by atoms with van der Waals surface area (Å²) in [5, 5.41) is 9.20. The van der Waals surface area contributed by atoms with E-state index in [1.54, 1.807) is 41.2 Å². The molecule has 2 fully saturated rings. The Balaban J connectivity index is 1.78. The highest BCUT2D eigenvalue weighted by atomic mass is 16.5. The topological polar surface area (TPSA) is 73.6 Å². The van der Waals surface area contributed by atoms with E-state index < -0.39 is 6.04 Å². The molecule has 2 aliphatic heterocycles. The summed E-state index contributed by atoms with van der Waals surface area (Å²) >= 11 is 0. The van der Waals surface area contributed by atoms with E-state index in [2.05, 4.69) is 6.07 Å². The molecular formula is C18H21N3O3. The number of ether oxygens (including phenoxy) is 1. The third-order valence-electron chi connectivity index (χ3n) is 4.80. The Morgan fingerprint density at radius 1 is 1.21 bits per heavy atom. The zero-order valence-electron chi connectivity index (χ0n) is 13.8. The number of rotatable bonds is 3. The first-order valence-electron chi connectivity index (χ1n) is 8.31. The average molecular weight is 327 g/mol. The van der Waals surface area contributed by atoms with Crippen molar-refractivity contribution in [2.24, 2.45) is 0 Å². The van der Waals surface area contributed by atoms with Gasteiger partial charge in [0, 0.05) is 18.7 Å². The van der Waals surface area contributed by atoms with E-state index in [1.165, 1.54) is 0 Å². The van der Waals surface area contributed by atoms with Gasteiger partial charge in [0.1, 0.15) is 17.8 Å². The fraction of sp³-hybridized carbons (Fsp3) is 0.500. The molecule has 0 radical (unpaired) electrons. The lowest BCUT2D eigenvalue weighted by molar-refractivity contribution is -0.135. The predicted molar refractivity (Wildman–Crippen MR) is 87.4 cm³/mol. The van der Waals surface area contributed by atoms with Crippen molar-refractivity contribution < 1.29 is 14.3 Å². The Kier molecular flexibility index (Phi) is 4.70. The van der Waals surface area contributed by atoms with Gasteiger partial charge < -0.3 is 14.5 Å². The number of amides is 2. The third-order valence-corrected chi connectivity index (χ3v) is 4.80. The summed E-state index contributed by atoms with van der Waals surface area (Å²) in [7, 11) is 1.56. The summed E-state index contributed by atoms with van der Waals surface area (Å²) in [6.07, 6.45) is 3.03. The van der Waals surface area contributed by atoms with Gasteiger partial charge in [-0.3, -0.25) is 9.59 Å². The Morgan fingerprint density at radius 3 is 2.71 bits per heavy atom. The molecule has 24 heavy (non-hydrogen) atoms. The molecular weight excluding hydrogens is 306 g/mol. The van der Waals surface area contributed by atoms with E-state index in [0.29, 0.717) is 30.8 Å². The van der Waals surface area contributed by atoms with Gasteiger partial charge in [0.25, 0.3) is 5.91 Å². The highest BCUT2D eigenvalue weighted by molar-refractivity contribution is 5.98. The lowest BCUT2D eigenvalue weighted by atomic mass is 10.1. The highest BCUT2D eigenvalue weighted by Crippen LogP contribution is 2.26. The number of carbonyl (C=O) groups excluding carboxylic acids is 2. The molecule has 2 saturated heterocycles. The monoisotopic (exact) mass is 327 g/mol. The van der Waals surface area contributed by atoms with Crippen molar-refractivity contribution in [1.29, 1.82) is 5.26 Å². The van der Waals surface area contributed by atoms with Crippen LogP contribution in [0.25, 0.3) is 0 Å². The van der Waals surface area contributed by atoms with Gasteiger partial charge in [-0.05, 0) is 43.9 Å². The number of benzene rings is 1. The lowest BCUT2D eigenvalue weighted by Crippen LogP contribution is -2.49. The van der Waals surface area contributed by atoms with Gasteiger partial charge in [0.05, 0.1) is 13.2 Å². The second-order valence-corrected chi connectivity index (χ2v) is 6.21. The second kappa shape index (κ2) is 6.91. The molecule has 1 aromatic carbocycles. The van der Waals surface area contributed by atoms with Crippen LogP contribution in [-0.4, -0.2) is 53.9 Å². The van der Waals surface area contributed by atoms with Crippen molar-refractivity contribution in [2.75, 3.05) is 20.2 Å². The highest BCUT2D eigenvalue weighted by Gasteiger charge is 2.40. The van der Waals surface area contributed by atoms with Gasteiger partial charge >= 0.3 is 0 Å². The Bertz CT molecular complexity index is 682. The molecule has 2 heterocycles. The van der Waals surface area contributed by atoms with Crippen molar-refractivity contribution in [3.63, 3.8) is 0 Å². The van der Waals surface area contributed by atoms with Crippen LogP contribution >= 0.6 is 0 Å². The van der Waals surface area contributed by atoms with Crippen LogP contribution in [0, 0.1) is 11.3 Å². The molecule has 1 aromatic rings. The van der Waals surface area contributed by atoms with E-state index in [1.807, 2.05) is 0 Å². The molecule has 126 valence electrons. The summed E-state index contributed by atoms with van der Waals surface area (Å²) in [6.45, 7) is 1.17. The van der Waals surface area contributed by atoms with Crippen LogP contribution in [-0.2, 0) is 4.79 Å². The van der Waals surface area contributed by atoms with Crippen LogP contribution in [0.5, 0.6) is 5.75 Å². The number of nitrogens with zero attached hydrogens (tertiary/aromatic N) is 3. The molecule has 6 heteroatoms. The minimum atomic E-state index is -0.461. The molecule has 6 nitrogen and oxygen atoms in total. The first-order chi connectivity index (χ1) is 11.7. The number of likely N-dealkylation sites (tertiary alicyclic amines) is 2. The van der Waals surface area contributed by atoms with E-state index >= 15 is 0 Å². The molecule has 0 unspecified atom stereocenters. The maximum Gasteiger partial charge on any atom is 0.254 e. The fourth-order valence-corrected chi connectivity index (χ4v) is 3.54. The molecule has 0 saturated carbocycles. The van der Waals surface area contributed by atoms with Gasteiger partial charge in [-0.2, -0.15) is 5.26 Å². The maximum atomic E-state index is 12.8. The van der Waals surface area contributed by atoms with Crippen molar-refractivity contribution in [3.05, 3.63) is 29.8 Å². The fourth-order valence-electron chi connectivity index (χ4n) is 3.54. The van der Waals surface area contributed by atoms with Crippen molar-refractivity contribution in [1.82, 2.24) is 9.80 Å². The van der Waals surface area contributed by atoms with Gasteiger partial charge in [-0.1, -0.05) is 6.07 Å². The van der Waals surface area contributed by atoms with E-state index in [0.717, 1.165) is 19.3 Å². The first-order valence-corrected chi connectivity index (χ1v) is 8.31. The molecule has 0 bridgehead atoms. The van der Waals surface area contributed by atoms with Crippen LogP contribution in [0.15, 0.2) is 24.3 Å². The van der Waals surface area contributed by atoms with Gasteiger partial charge in [0.15, 0.2) is 0 Å². The number of hydrogen-bond acceptors (Lipinski definition) is 4. The summed E-state index contributed by atoms with van der Waals surface area (Å²) in [5.74, 6) is 0.372. The summed E-state index contributed by atoms with van der Waals surface area (Å²) in [4.78, 5) is 29.0. The molecule has 0 N–H and O–H groups in total. The predicted octanol–water partition coefficient (Wildman–Crippen LogP) is 1.81. The van der Waals surface area contributed by atoms with Crippen LogP contribution in [0.1, 0.15) is 36.0 Å². The third kappa shape index (κ3) is 2.94. The zero-order valence-corrected chi connectivity index (χ0v) is 13.8. The SMILES string of the molecule is COc1cccc(C(=O)N2CCC[C@@H]2C(=O)N2CCC[C@H]2C#N)c1. The molecule has 0 spiro atoms. The van der Waals surface area contributed by atoms with Crippen LogP contribution in [0.3, 0.4) is 0 Å². The lowest BCUT2D eigenvalue weighted by Gasteiger charge is -2.29. The minimum Gasteiger partial charge on any atom is -0.497 e. The number of methoxy groups -OCH3 is 1. The van der Waals surface area contributed by atoms with Crippen LogP contribution in [0.4, 0.5) is 0 Å². The maximum absolute atomic E-state index is 12.8. The van der Waals surface area contributed by atoms with Crippen molar-refractivity contribution >= 4 is 11.8 Å². The number of nitriles is 1. The summed E-state index contributed by atoms with van der Waals surface area (Å²) in [6, 6.07) is 8.36. The Labute approximate surface area is 141 Å². The Hall–Kier alpha value is -2.55. The minimum absolute atomic E-state index is 0.0900. The van der Waals surface area contributed by atoms with Gasteiger partial charge in [0.2, 0.25) is 5.91 Å². The number of carbonyl (C=O) groups is 2. The Morgan fingerprint density at radius 2 is 1.96 bits per heavy atom. The average Bonchev–Trinajstić information content (AvgIpc) is 3.29. The van der Waals surface area contributed by atoms with E-state index in [9.17, 15) is 14.9 Å². The van der Waals surface area contributed by atoms with E-state index in [-0.39, 0.29) is 17.9 Å². The molecule has 0 aliphatic carbocycles. The van der Waals surface area contributed by atoms with Gasteiger partial charge in [-0.15, -0.1) is 0 Å². The molecule has 2 amide bonds. The summed E-state index contributed by atoms with van der Waals surface area (Å²) < 4.78 is 5.17. The number of hydrogen-bond donors (Lipinski definition) is 0. The zero-order chi connectivity index (χ0) is 17.1. The standard InChI is InChI=1S/C18H21N3O3/c1-24-15-7-2-5-13(11-15)17(22)21-10-4-8-16(21)18(23)20-9-3-6-14(20)12-19/h2,5,7,11,14,16H,3-4,6,8-10H2,1H3/t14-,16+/m0/s1. The van der Waals surface area contributed by atoms with E-state index in [4.69, 9.17) is 4.74 Å². The molecule has 2 atom stereocenters. The normalized spacial score (nSPS) is 23.2.